The van der Waals surface area contributed by atoms with Gasteiger partial charge < -0.3 is 0 Å². The summed E-state index contributed by atoms with van der Waals surface area (Å²) in [5.41, 5.74) is 0.344. The molecule has 7 nitrogen and oxygen atoms in total. The van der Waals surface area contributed by atoms with Crippen LogP contribution in [-0.2, 0) is 20.0 Å². The highest BCUT2D eigenvalue weighted by atomic mass is 35.5. The van der Waals surface area contributed by atoms with Crippen molar-refractivity contribution in [1.82, 2.24) is 4.98 Å². The number of fused-ring (bicyclic) bond motifs is 1. The first-order valence-electron chi connectivity index (χ1n) is 6.87. The fraction of sp³-hybridized carbons (Fsp3) is 0. The van der Waals surface area contributed by atoms with Crippen LogP contribution in [-0.4, -0.2) is 21.8 Å². The van der Waals surface area contributed by atoms with Gasteiger partial charge in [0.2, 0.25) is 10.0 Å². The highest BCUT2D eigenvalue weighted by molar-refractivity contribution is 7.93. The second kappa shape index (κ2) is 6.26. The lowest BCUT2D eigenvalue weighted by molar-refractivity contribution is 0.597. The zero-order chi connectivity index (χ0) is 18.2. The number of para-hydroxylation sites is 1. The van der Waals surface area contributed by atoms with E-state index in [1.165, 1.54) is 24.4 Å². The van der Waals surface area contributed by atoms with Gasteiger partial charge in [-0.15, -0.1) is 0 Å². The molecule has 0 atom stereocenters. The maximum atomic E-state index is 12.7. The smallest absolute Gasteiger partial charge is 0.264 e. The van der Waals surface area contributed by atoms with E-state index in [1.54, 1.807) is 24.3 Å². The summed E-state index contributed by atoms with van der Waals surface area (Å²) in [6.07, 6.45) is 1.50. The topological polar surface area (TPSA) is 119 Å². The molecular weight excluding hydrogens is 386 g/mol. The summed E-state index contributed by atoms with van der Waals surface area (Å²) < 4.78 is 50.4. The molecular formula is C15H12ClN3O4S2. The molecule has 3 aromatic rings. The Labute approximate surface area is 149 Å². The van der Waals surface area contributed by atoms with Gasteiger partial charge >= 0.3 is 0 Å². The molecule has 0 saturated carbocycles. The monoisotopic (exact) mass is 397 g/mol. The van der Waals surface area contributed by atoms with Crippen LogP contribution < -0.4 is 9.86 Å². The van der Waals surface area contributed by atoms with Crippen molar-refractivity contribution in [1.29, 1.82) is 0 Å². The number of sulfonamides is 2. The number of anilines is 1. The van der Waals surface area contributed by atoms with Crippen molar-refractivity contribution < 1.29 is 16.8 Å². The Morgan fingerprint density at radius 3 is 2.40 bits per heavy atom. The van der Waals surface area contributed by atoms with E-state index >= 15 is 0 Å². The van der Waals surface area contributed by atoms with Crippen LogP contribution >= 0.6 is 11.6 Å². The quantitative estimate of drug-likeness (QED) is 0.700. The number of nitrogens with one attached hydrogen (secondary N) is 1. The van der Waals surface area contributed by atoms with Crippen molar-refractivity contribution in [2.75, 3.05) is 4.72 Å². The molecule has 0 aliphatic rings. The third kappa shape index (κ3) is 3.59. The molecule has 3 rings (SSSR count). The first-order chi connectivity index (χ1) is 11.7. The molecule has 0 saturated heterocycles. The number of aromatic nitrogens is 1. The van der Waals surface area contributed by atoms with Crippen molar-refractivity contribution in [3.63, 3.8) is 0 Å². The van der Waals surface area contributed by atoms with E-state index in [-0.39, 0.29) is 20.5 Å². The van der Waals surface area contributed by atoms with Crippen LogP contribution in [0.5, 0.6) is 0 Å². The second-order valence-corrected chi connectivity index (χ2v) is 8.74. The second-order valence-electron chi connectivity index (χ2n) is 5.12. The Hall–Kier alpha value is -2.20. The number of primary sulfonamides is 1. The highest BCUT2D eigenvalue weighted by Crippen LogP contribution is 2.28. The average molecular weight is 398 g/mol. The molecule has 0 aliphatic carbocycles. The maximum absolute atomic E-state index is 12.7. The van der Waals surface area contributed by atoms with Gasteiger partial charge in [-0.3, -0.25) is 9.71 Å². The molecule has 0 radical (unpaired) electrons. The summed E-state index contributed by atoms with van der Waals surface area (Å²) in [6.45, 7) is 0. The van der Waals surface area contributed by atoms with E-state index in [0.29, 0.717) is 10.9 Å². The minimum absolute atomic E-state index is 0.0165. The molecule has 10 heteroatoms. The number of hydrogen-bond acceptors (Lipinski definition) is 5. The molecule has 3 N–H and O–H groups in total. The zero-order valence-electron chi connectivity index (χ0n) is 12.5. The number of benzene rings is 2. The Morgan fingerprint density at radius 2 is 1.72 bits per heavy atom. The van der Waals surface area contributed by atoms with E-state index in [0.717, 1.165) is 6.07 Å². The van der Waals surface area contributed by atoms with Crippen molar-refractivity contribution in [2.24, 2.45) is 5.14 Å². The van der Waals surface area contributed by atoms with Crippen LogP contribution in [0.2, 0.25) is 5.02 Å². The first-order valence-corrected chi connectivity index (χ1v) is 10.3. The molecule has 0 unspecified atom stereocenters. The number of nitrogens with zero attached hydrogens (tertiary/aromatic N) is 1. The molecule has 1 aromatic heterocycles. The summed E-state index contributed by atoms with van der Waals surface area (Å²) >= 11 is 5.98. The Kier molecular flexibility index (Phi) is 4.41. The van der Waals surface area contributed by atoms with Crippen LogP contribution in [0.1, 0.15) is 0 Å². The van der Waals surface area contributed by atoms with Gasteiger partial charge in [-0.25, -0.2) is 22.0 Å². The van der Waals surface area contributed by atoms with Gasteiger partial charge in [-0.1, -0.05) is 29.8 Å². The molecule has 0 fully saturated rings. The first kappa shape index (κ1) is 17.6. The normalized spacial score (nSPS) is 12.2. The minimum atomic E-state index is -3.99. The standard InChI is InChI=1S/C15H12ClN3O4S2/c16-12-9-11(24(17,20)21)6-7-13(12)19-25(22,23)14-5-1-3-10-4-2-8-18-15(10)14/h1-9,19H,(H2,17,20,21). The van der Waals surface area contributed by atoms with Crippen LogP contribution in [0.3, 0.4) is 0 Å². The molecule has 2 aromatic carbocycles. The van der Waals surface area contributed by atoms with E-state index < -0.39 is 20.0 Å². The van der Waals surface area contributed by atoms with Gasteiger partial charge in [0.25, 0.3) is 10.0 Å². The van der Waals surface area contributed by atoms with E-state index in [4.69, 9.17) is 16.7 Å². The largest absolute Gasteiger partial charge is 0.278 e. The van der Waals surface area contributed by atoms with Crippen LogP contribution in [0.4, 0.5) is 5.69 Å². The van der Waals surface area contributed by atoms with Crippen LogP contribution in [0.15, 0.2) is 64.5 Å². The van der Waals surface area contributed by atoms with E-state index in [2.05, 4.69) is 9.71 Å². The summed E-state index contributed by atoms with van der Waals surface area (Å²) in [5.74, 6) is 0. The number of nitrogens with two attached hydrogens (primary N) is 1. The SMILES string of the molecule is NS(=O)(=O)c1ccc(NS(=O)(=O)c2cccc3cccnc23)c(Cl)c1. The van der Waals surface area contributed by atoms with Crippen molar-refractivity contribution in [2.45, 2.75) is 9.79 Å². The van der Waals surface area contributed by atoms with Gasteiger partial charge in [0.05, 0.1) is 21.1 Å². The number of rotatable bonds is 4. The molecule has 0 spiro atoms. The summed E-state index contributed by atoms with van der Waals surface area (Å²) in [6, 6.07) is 11.7. The van der Waals surface area contributed by atoms with Gasteiger partial charge in [-0.2, -0.15) is 0 Å². The summed E-state index contributed by atoms with van der Waals surface area (Å²) in [7, 11) is -7.93. The fourth-order valence-corrected chi connectivity index (χ4v) is 4.40. The predicted octanol–water partition coefficient (Wildman–Crippen LogP) is 2.34. The minimum Gasteiger partial charge on any atom is -0.278 e. The number of pyridine rings is 1. The van der Waals surface area contributed by atoms with Crippen LogP contribution in [0, 0.1) is 0 Å². The van der Waals surface area contributed by atoms with E-state index in [1.807, 2.05) is 0 Å². The number of halogens is 1. The summed E-state index contributed by atoms with van der Waals surface area (Å²) in [5, 5.41) is 5.60. The van der Waals surface area contributed by atoms with Crippen molar-refractivity contribution in [3.05, 3.63) is 59.8 Å². The maximum Gasteiger partial charge on any atom is 0.264 e. The third-order valence-electron chi connectivity index (χ3n) is 3.40. The fourth-order valence-electron chi connectivity index (χ4n) is 2.25. The van der Waals surface area contributed by atoms with Crippen molar-refractivity contribution in [3.8, 4) is 0 Å². The lowest BCUT2D eigenvalue weighted by Crippen LogP contribution is -2.15. The van der Waals surface area contributed by atoms with Gasteiger partial charge in [0, 0.05) is 11.6 Å². The van der Waals surface area contributed by atoms with Crippen LogP contribution in [0.25, 0.3) is 10.9 Å². The molecule has 0 amide bonds. The number of hydrogen-bond donors (Lipinski definition) is 2. The molecule has 130 valence electrons. The van der Waals surface area contributed by atoms with Gasteiger partial charge in [0.1, 0.15) is 4.90 Å². The lowest BCUT2D eigenvalue weighted by Gasteiger charge is -2.12. The lowest BCUT2D eigenvalue weighted by atomic mass is 10.2. The van der Waals surface area contributed by atoms with Gasteiger partial charge in [0.15, 0.2) is 0 Å². The Bertz CT molecular complexity index is 1170. The molecule has 25 heavy (non-hydrogen) atoms. The third-order valence-corrected chi connectivity index (χ3v) is 6.02. The average Bonchev–Trinajstić information content (AvgIpc) is 2.55. The van der Waals surface area contributed by atoms with Crippen molar-refractivity contribution >= 4 is 48.2 Å². The predicted molar refractivity (Wildman–Crippen MR) is 95.4 cm³/mol. The summed E-state index contributed by atoms with van der Waals surface area (Å²) in [4.78, 5) is 3.88. The zero-order valence-corrected chi connectivity index (χ0v) is 14.9. The van der Waals surface area contributed by atoms with E-state index in [9.17, 15) is 16.8 Å². The van der Waals surface area contributed by atoms with Gasteiger partial charge in [-0.05, 0) is 30.3 Å². The molecule has 0 aliphatic heterocycles. The molecule has 0 bridgehead atoms. The molecule has 1 heterocycles. The Morgan fingerprint density at radius 1 is 1.00 bits per heavy atom. The highest BCUT2D eigenvalue weighted by Gasteiger charge is 2.20. The Balaban J connectivity index is 2.05.